The van der Waals surface area contributed by atoms with Crippen LogP contribution in [-0.2, 0) is 17.3 Å². The Bertz CT molecular complexity index is 1670. The predicted octanol–water partition coefficient (Wildman–Crippen LogP) is 4.51. The van der Waals surface area contributed by atoms with Crippen molar-refractivity contribution in [2.24, 2.45) is 7.05 Å². The Balaban J connectivity index is 1.33. The Kier molecular flexibility index (Phi) is 5.47. The van der Waals surface area contributed by atoms with Crippen molar-refractivity contribution < 1.29 is 9.47 Å². The highest BCUT2D eigenvalue weighted by Crippen LogP contribution is 2.36. The number of hydrogen-bond donors (Lipinski definition) is 1. The van der Waals surface area contributed by atoms with Crippen molar-refractivity contribution in [2.75, 3.05) is 18.5 Å². The number of fused-ring (bicyclic) bond motifs is 2. The topological polar surface area (TPSA) is 114 Å². The Morgan fingerprint density at radius 3 is 2.95 bits per heavy atom. The zero-order valence-corrected chi connectivity index (χ0v) is 21.1. The average molecular weight is 519 g/mol. The van der Waals surface area contributed by atoms with Gasteiger partial charge in [-0.2, -0.15) is 15.2 Å². The second-order valence-electron chi connectivity index (χ2n) is 9.30. The summed E-state index contributed by atoms with van der Waals surface area (Å²) in [7, 11) is 1.83. The van der Waals surface area contributed by atoms with E-state index in [1.54, 1.807) is 33.7 Å². The van der Waals surface area contributed by atoms with E-state index in [1.807, 2.05) is 31.6 Å². The molecule has 12 nitrogen and oxygen atoms in total. The summed E-state index contributed by atoms with van der Waals surface area (Å²) in [5, 5.41) is 12.6. The van der Waals surface area contributed by atoms with E-state index in [4.69, 9.17) is 32.7 Å². The number of nitrogens with one attached hydrogen (secondary N) is 1. The van der Waals surface area contributed by atoms with Gasteiger partial charge >= 0.3 is 0 Å². The molecule has 0 aromatic carbocycles. The molecule has 0 radical (unpaired) electrons. The molecule has 1 fully saturated rings. The summed E-state index contributed by atoms with van der Waals surface area (Å²) in [5.41, 5.74) is 1.83. The van der Waals surface area contributed by atoms with Crippen molar-refractivity contribution in [1.82, 2.24) is 38.9 Å². The van der Waals surface area contributed by atoms with Crippen molar-refractivity contribution >= 4 is 40.2 Å². The van der Waals surface area contributed by atoms with Crippen molar-refractivity contribution in [1.29, 1.82) is 0 Å². The number of imidazole rings is 1. The molecule has 6 heterocycles. The fourth-order valence-corrected chi connectivity index (χ4v) is 4.64. The third kappa shape index (κ3) is 4.02. The van der Waals surface area contributed by atoms with E-state index in [-0.39, 0.29) is 6.04 Å². The van der Waals surface area contributed by atoms with Crippen LogP contribution in [0.25, 0.3) is 21.7 Å². The number of nitrogens with zero attached hydrogens (tertiary/aromatic N) is 9. The maximum absolute atomic E-state index is 7.68. The molecule has 188 valence electrons. The molecule has 0 amide bonds. The quantitative estimate of drug-likeness (QED) is 0.326. The summed E-state index contributed by atoms with van der Waals surface area (Å²) in [6.07, 6.45) is 7.35. The van der Waals surface area contributed by atoms with E-state index in [2.05, 4.69) is 30.2 Å². The number of aryl methyl sites for hydroxylation is 1. The summed E-state index contributed by atoms with van der Waals surface area (Å²) in [6.45, 7) is 12.7. The number of halogens is 1. The molecule has 1 N–H and O–H groups in total. The van der Waals surface area contributed by atoms with E-state index in [0.29, 0.717) is 58.3 Å². The standard InChI is InChI=1S/C24H23ClN10O2/c1-24(2,26-3)17-9-18(32-35(17)14-6-8-36-13-14)30-23-31-22-21(33(23)4)20(25)16(11-28-22)37-15-10-27-19-5-7-29-34(19)12-15/h5,7,9-12,14H,6,8,13H2,1-2,4H3,(H,28,30,31,32)/t14-/m1/s1. The molecule has 1 aliphatic rings. The fraction of sp³-hybridized carbons (Fsp3) is 0.333. The Hall–Kier alpha value is -4.21. The second kappa shape index (κ2) is 8.72. The molecule has 0 saturated carbocycles. The van der Waals surface area contributed by atoms with Gasteiger partial charge in [0.15, 0.2) is 28.6 Å². The molecule has 37 heavy (non-hydrogen) atoms. The lowest BCUT2D eigenvalue weighted by Gasteiger charge is -2.17. The van der Waals surface area contributed by atoms with Crippen LogP contribution < -0.4 is 10.1 Å². The van der Waals surface area contributed by atoms with Gasteiger partial charge in [0.2, 0.25) is 5.95 Å². The summed E-state index contributed by atoms with van der Waals surface area (Å²) < 4.78 is 16.8. The van der Waals surface area contributed by atoms with E-state index < -0.39 is 5.54 Å². The van der Waals surface area contributed by atoms with Crippen LogP contribution in [0.5, 0.6) is 11.5 Å². The van der Waals surface area contributed by atoms with E-state index in [0.717, 1.165) is 12.1 Å². The minimum absolute atomic E-state index is 0.0817. The first-order valence-electron chi connectivity index (χ1n) is 11.7. The Morgan fingerprint density at radius 2 is 2.16 bits per heavy atom. The zero-order valence-electron chi connectivity index (χ0n) is 20.4. The highest BCUT2D eigenvalue weighted by molar-refractivity contribution is 6.36. The zero-order chi connectivity index (χ0) is 25.7. The molecule has 5 aromatic heterocycles. The minimum Gasteiger partial charge on any atom is -0.451 e. The predicted molar refractivity (Wildman–Crippen MR) is 136 cm³/mol. The van der Waals surface area contributed by atoms with Crippen LogP contribution in [0.1, 0.15) is 32.0 Å². The van der Waals surface area contributed by atoms with Crippen molar-refractivity contribution in [3.05, 3.63) is 59.1 Å². The first kappa shape index (κ1) is 23.2. The number of ether oxygens (including phenoxy) is 2. The summed E-state index contributed by atoms with van der Waals surface area (Å²) in [6, 6.07) is 3.76. The maximum atomic E-state index is 7.68. The number of hydrogen-bond acceptors (Lipinski definition) is 8. The lowest BCUT2D eigenvalue weighted by Crippen LogP contribution is -2.22. The van der Waals surface area contributed by atoms with Crippen LogP contribution in [0, 0.1) is 6.57 Å². The largest absolute Gasteiger partial charge is 0.451 e. The SMILES string of the molecule is [C-]#[N+]C(C)(C)c1cc(Nc2nc3ncc(Oc4cnc5ccnn5c4)c(Cl)c3n2C)nn1[C@@H]1CCOC1. The first-order valence-corrected chi connectivity index (χ1v) is 12.0. The molecule has 5 aromatic rings. The van der Waals surface area contributed by atoms with Gasteiger partial charge in [-0.15, -0.1) is 0 Å². The molecule has 13 heteroatoms. The van der Waals surface area contributed by atoms with E-state index in [1.165, 1.54) is 6.20 Å². The van der Waals surface area contributed by atoms with Crippen LogP contribution in [0.3, 0.4) is 0 Å². The van der Waals surface area contributed by atoms with Crippen LogP contribution in [0.4, 0.5) is 11.8 Å². The monoisotopic (exact) mass is 518 g/mol. The van der Waals surface area contributed by atoms with Gasteiger partial charge in [-0.1, -0.05) is 11.6 Å². The lowest BCUT2D eigenvalue weighted by molar-refractivity contribution is 0.183. The summed E-state index contributed by atoms with van der Waals surface area (Å²) >= 11 is 6.74. The Labute approximate surface area is 216 Å². The molecular weight excluding hydrogens is 496 g/mol. The van der Waals surface area contributed by atoms with Gasteiger partial charge in [0.1, 0.15) is 16.2 Å². The summed E-state index contributed by atoms with van der Waals surface area (Å²) in [4.78, 5) is 17.2. The fourth-order valence-electron chi connectivity index (χ4n) is 4.35. The number of rotatable bonds is 6. The minimum atomic E-state index is -0.743. The van der Waals surface area contributed by atoms with Crippen LogP contribution in [0.2, 0.25) is 5.02 Å². The lowest BCUT2D eigenvalue weighted by atomic mass is 10.0. The van der Waals surface area contributed by atoms with Gasteiger partial charge in [-0.05, 0) is 6.42 Å². The number of anilines is 2. The van der Waals surface area contributed by atoms with Crippen LogP contribution in [0.15, 0.2) is 36.9 Å². The highest BCUT2D eigenvalue weighted by Gasteiger charge is 2.35. The second-order valence-corrected chi connectivity index (χ2v) is 9.68. The molecule has 0 aliphatic carbocycles. The number of pyridine rings is 1. The number of aromatic nitrogens is 8. The molecule has 6 rings (SSSR count). The summed E-state index contributed by atoms with van der Waals surface area (Å²) in [5.74, 6) is 1.91. The van der Waals surface area contributed by atoms with Crippen LogP contribution in [-0.4, -0.2) is 52.1 Å². The van der Waals surface area contributed by atoms with Gasteiger partial charge in [0, 0.05) is 39.6 Å². The highest BCUT2D eigenvalue weighted by atomic mass is 35.5. The third-order valence-electron chi connectivity index (χ3n) is 6.39. The normalized spacial score (nSPS) is 15.9. The van der Waals surface area contributed by atoms with Gasteiger partial charge in [0.25, 0.3) is 5.54 Å². The van der Waals surface area contributed by atoms with Crippen LogP contribution >= 0.6 is 11.6 Å². The third-order valence-corrected chi connectivity index (χ3v) is 6.75. The molecule has 0 bridgehead atoms. The molecule has 1 aliphatic heterocycles. The van der Waals surface area contributed by atoms with Gasteiger partial charge in [0.05, 0.1) is 37.4 Å². The molecule has 1 atom stereocenters. The van der Waals surface area contributed by atoms with E-state index in [9.17, 15) is 0 Å². The van der Waals surface area contributed by atoms with Crippen molar-refractivity contribution in [3.63, 3.8) is 0 Å². The molecule has 0 unspecified atom stereocenters. The average Bonchev–Trinajstić information content (AvgIpc) is 3.68. The molecular formula is C24H23ClN10O2. The van der Waals surface area contributed by atoms with Gasteiger partial charge in [-0.25, -0.2) is 21.1 Å². The van der Waals surface area contributed by atoms with Gasteiger partial charge < -0.3 is 24.2 Å². The molecule has 0 spiro atoms. The smallest absolute Gasteiger partial charge is 0.268 e. The first-order chi connectivity index (χ1) is 17.8. The molecule has 1 saturated heterocycles. The maximum Gasteiger partial charge on any atom is 0.268 e. The Morgan fingerprint density at radius 1 is 1.30 bits per heavy atom. The van der Waals surface area contributed by atoms with E-state index >= 15 is 0 Å². The van der Waals surface area contributed by atoms with Crippen molar-refractivity contribution in [2.45, 2.75) is 31.8 Å². The van der Waals surface area contributed by atoms with Gasteiger partial charge in [-0.3, -0.25) is 4.68 Å². The van der Waals surface area contributed by atoms with Crippen molar-refractivity contribution in [3.8, 4) is 11.5 Å².